The monoisotopic (exact) mass is 270 g/mol. The van der Waals surface area contributed by atoms with Crippen LogP contribution in [0.1, 0.15) is 31.9 Å². The van der Waals surface area contributed by atoms with E-state index in [1.54, 1.807) is 6.08 Å². The van der Waals surface area contributed by atoms with E-state index in [2.05, 4.69) is 53.4 Å². The molecule has 1 aromatic heterocycles. The molecular weight excluding hydrogens is 252 g/mol. The van der Waals surface area contributed by atoms with Gasteiger partial charge in [0.1, 0.15) is 6.33 Å². The number of H-pyrrole nitrogens is 1. The standard InChI is InChI=1S/C15H18N4O/c1-15(2,3)12-7-4-11(5-8-12)6-9-13(20)18-14-16-10-17-19-14/h4-10H,1-3H3,(H2,16,17,18,19,20)/b9-6+. The van der Waals surface area contributed by atoms with Gasteiger partial charge in [0, 0.05) is 6.08 Å². The van der Waals surface area contributed by atoms with Crippen molar-refractivity contribution in [3.8, 4) is 0 Å². The van der Waals surface area contributed by atoms with Crippen molar-refractivity contribution < 1.29 is 4.79 Å². The normalized spacial score (nSPS) is 11.8. The summed E-state index contributed by atoms with van der Waals surface area (Å²) < 4.78 is 0. The van der Waals surface area contributed by atoms with E-state index < -0.39 is 0 Å². The van der Waals surface area contributed by atoms with Gasteiger partial charge < -0.3 is 0 Å². The second kappa shape index (κ2) is 5.69. The minimum absolute atomic E-state index is 0.131. The van der Waals surface area contributed by atoms with E-state index in [-0.39, 0.29) is 11.3 Å². The predicted octanol–water partition coefficient (Wildman–Crippen LogP) is 2.75. The molecule has 0 atom stereocenters. The molecule has 5 heteroatoms. The van der Waals surface area contributed by atoms with Gasteiger partial charge in [-0.05, 0) is 22.6 Å². The van der Waals surface area contributed by atoms with Gasteiger partial charge in [-0.2, -0.15) is 10.1 Å². The lowest BCUT2D eigenvalue weighted by molar-refractivity contribution is -0.111. The zero-order valence-corrected chi connectivity index (χ0v) is 11.8. The first-order valence-electron chi connectivity index (χ1n) is 6.40. The van der Waals surface area contributed by atoms with Crippen molar-refractivity contribution in [3.63, 3.8) is 0 Å². The Labute approximate surface area is 118 Å². The highest BCUT2D eigenvalue weighted by Gasteiger charge is 2.12. The molecule has 0 radical (unpaired) electrons. The number of carbonyl (C=O) groups excluding carboxylic acids is 1. The van der Waals surface area contributed by atoms with Crippen LogP contribution in [-0.4, -0.2) is 21.1 Å². The lowest BCUT2D eigenvalue weighted by Crippen LogP contribution is -2.10. The fraction of sp³-hybridized carbons (Fsp3) is 0.267. The molecule has 1 amide bonds. The fourth-order valence-electron chi connectivity index (χ4n) is 1.69. The number of carbonyl (C=O) groups is 1. The van der Waals surface area contributed by atoms with Crippen molar-refractivity contribution in [2.75, 3.05) is 5.32 Å². The summed E-state index contributed by atoms with van der Waals surface area (Å²) in [6.45, 7) is 6.51. The SMILES string of the molecule is CC(C)(C)c1ccc(/C=C/C(=O)Nc2ncn[nH]2)cc1. The molecule has 1 aromatic carbocycles. The summed E-state index contributed by atoms with van der Waals surface area (Å²) in [4.78, 5) is 15.4. The quantitative estimate of drug-likeness (QED) is 0.842. The molecule has 1 heterocycles. The van der Waals surface area contributed by atoms with Crippen molar-refractivity contribution in [3.05, 3.63) is 47.8 Å². The average molecular weight is 270 g/mol. The van der Waals surface area contributed by atoms with Crippen LogP contribution in [0.25, 0.3) is 6.08 Å². The smallest absolute Gasteiger partial charge is 0.250 e. The third kappa shape index (κ3) is 3.78. The van der Waals surface area contributed by atoms with Crippen LogP contribution in [0.15, 0.2) is 36.7 Å². The fourth-order valence-corrected chi connectivity index (χ4v) is 1.69. The highest BCUT2D eigenvalue weighted by Crippen LogP contribution is 2.22. The van der Waals surface area contributed by atoms with Crippen LogP contribution in [0.2, 0.25) is 0 Å². The molecule has 0 spiro atoms. The molecule has 2 rings (SSSR count). The van der Waals surface area contributed by atoms with Gasteiger partial charge in [0.05, 0.1) is 0 Å². The number of hydrogen-bond donors (Lipinski definition) is 2. The van der Waals surface area contributed by atoms with Gasteiger partial charge in [0.15, 0.2) is 0 Å². The van der Waals surface area contributed by atoms with Crippen LogP contribution < -0.4 is 5.32 Å². The summed E-state index contributed by atoms with van der Waals surface area (Å²) in [7, 11) is 0. The first kappa shape index (κ1) is 14.0. The minimum atomic E-state index is -0.248. The maximum atomic E-state index is 11.6. The van der Waals surface area contributed by atoms with Gasteiger partial charge in [-0.1, -0.05) is 45.0 Å². The minimum Gasteiger partial charge on any atom is -0.291 e. The number of hydrogen-bond acceptors (Lipinski definition) is 3. The molecule has 0 aliphatic heterocycles. The first-order valence-corrected chi connectivity index (χ1v) is 6.40. The van der Waals surface area contributed by atoms with Crippen LogP contribution in [-0.2, 0) is 10.2 Å². The molecule has 0 aliphatic carbocycles. The highest BCUT2D eigenvalue weighted by molar-refractivity contribution is 6.00. The van der Waals surface area contributed by atoms with E-state index in [1.807, 2.05) is 12.1 Å². The summed E-state index contributed by atoms with van der Waals surface area (Å²) in [5.41, 5.74) is 2.37. The Bertz CT molecular complexity index is 592. The van der Waals surface area contributed by atoms with Crippen LogP contribution in [0.3, 0.4) is 0 Å². The zero-order chi connectivity index (χ0) is 14.6. The van der Waals surface area contributed by atoms with Crippen molar-refractivity contribution >= 4 is 17.9 Å². The summed E-state index contributed by atoms with van der Waals surface area (Å²) in [6, 6.07) is 8.15. The Morgan fingerprint density at radius 3 is 2.50 bits per heavy atom. The average Bonchev–Trinajstić information content (AvgIpc) is 2.88. The Hall–Kier alpha value is -2.43. The highest BCUT2D eigenvalue weighted by atomic mass is 16.1. The largest absolute Gasteiger partial charge is 0.291 e. The molecule has 0 unspecified atom stereocenters. The molecule has 0 fully saturated rings. The van der Waals surface area contributed by atoms with Crippen molar-refractivity contribution in [2.24, 2.45) is 0 Å². The number of aromatic nitrogens is 3. The zero-order valence-electron chi connectivity index (χ0n) is 11.8. The Kier molecular flexibility index (Phi) is 3.98. The third-order valence-electron chi connectivity index (χ3n) is 2.86. The second-order valence-corrected chi connectivity index (χ2v) is 5.53. The van der Waals surface area contributed by atoms with E-state index in [0.29, 0.717) is 5.95 Å². The molecule has 20 heavy (non-hydrogen) atoms. The van der Waals surface area contributed by atoms with E-state index >= 15 is 0 Å². The van der Waals surface area contributed by atoms with Crippen LogP contribution in [0.5, 0.6) is 0 Å². The summed E-state index contributed by atoms with van der Waals surface area (Å²) >= 11 is 0. The van der Waals surface area contributed by atoms with Crippen molar-refractivity contribution in [1.82, 2.24) is 15.2 Å². The molecular formula is C15H18N4O. The summed E-state index contributed by atoms with van der Waals surface area (Å²) in [5.74, 6) is 0.0874. The van der Waals surface area contributed by atoms with Gasteiger partial charge in [-0.15, -0.1) is 0 Å². The van der Waals surface area contributed by atoms with Gasteiger partial charge >= 0.3 is 0 Å². The molecule has 5 nitrogen and oxygen atoms in total. The Balaban J connectivity index is 1.99. The number of nitrogens with zero attached hydrogens (tertiary/aromatic N) is 2. The van der Waals surface area contributed by atoms with Crippen LogP contribution in [0, 0.1) is 0 Å². The second-order valence-electron chi connectivity index (χ2n) is 5.53. The lowest BCUT2D eigenvalue weighted by atomic mass is 9.87. The van der Waals surface area contributed by atoms with E-state index in [1.165, 1.54) is 18.0 Å². The van der Waals surface area contributed by atoms with E-state index in [0.717, 1.165) is 5.56 Å². The number of amides is 1. The molecule has 0 saturated carbocycles. The van der Waals surface area contributed by atoms with E-state index in [4.69, 9.17) is 0 Å². The van der Waals surface area contributed by atoms with Gasteiger partial charge in [-0.25, -0.2) is 5.10 Å². The number of anilines is 1. The number of benzene rings is 1. The Morgan fingerprint density at radius 1 is 1.25 bits per heavy atom. The number of rotatable bonds is 3. The molecule has 0 saturated heterocycles. The third-order valence-corrected chi connectivity index (χ3v) is 2.86. The number of aromatic amines is 1. The van der Waals surface area contributed by atoms with E-state index in [9.17, 15) is 4.79 Å². The maximum Gasteiger partial charge on any atom is 0.250 e. The molecule has 2 aromatic rings. The molecule has 2 N–H and O–H groups in total. The van der Waals surface area contributed by atoms with Crippen LogP contribution in [0.4, 0.5) is 5.95 Å². The molecule has 0 aliphatic rings. The predicted molar refractivity (Wildman–Crippen MR) is 79.2 cm³/mol. The molecule has 104 valence electrons. The Morgan fingerprint density at radius 2 is 1.95 bits per heavy atom. The van der Waals surface area contributed by atoms with Gasteiger partial charge in [0.2, 0.25) is 5.95 Å². The molecule has 0 bridgehead atoms. The van der Waals surface area contributed by atoms with Crippen molar-refractivity contribution in [2.45, 2.75) is 26.2 Å². The maximum absolute atomic E-state index is 11.6. The lowest BCUT2D eigenvalue weighted by Gasteiger charge is -2.18. The number of nitrogens with one attached hydrogen (secondary N) is 2. The topological polar surface area (TPSA) is 70.7 Å². The van der Waals surface area contributed by atoms with Crippen LogP contribution >= 0.6 is 0 Å². The van der Waals surface area contributed by atoms with Gasteiger partial charge in [-0.3, -0.25) is 10.1 Å². The summed E-state index contributed by atoms with van der Waals surface area (Å²) in [6.07, 6.45) is 4.57. The first-order chi connectivity index (χ1) is 9.45. The van der Waals surface area contributed by atoms with Crippen molar-refractivity contribution in [1.29, 1.82) is 0 Å². The van der Waals surface area contributed by atoms with Gasteiger partial charge in [0.25, 0.3) is 5.91 Å². The summed E-state index contributed by atoms with van der Waals surface area (Å²) in [5, 5.41) is 8.79.